The fourth-order valence-electron chi connectivity index (χ4n) is 3.14. The first-order valence-electron chi connectivity index (χ1n) is 9.59. The van der Waals surface area contributed by atoms with Crippen molar-refractivity contribution in [3.63, 3.8) is 0 Å². The first-order valence-corrected chi connectivity index (χ1v) is 9.59. The van der Waals surface area contributed by atoms with Gasteiger partial charge in [0, 0.05) is 13.2 Å². The molecule has 4 N–H and O–H groups in total. The average Bonchev–Trinajstić information content (AvgIpc) is 3.22. The second-order valence-corrected chi connectivity index (χ2v) is 6.66. The Bertz CT molecular complexity index is 834. The Morgan fingerprint density at radius 1 is 1.23 bits per heavy atom. The summed E-state index contributed by atoms with van der Waals surface area (Å²) < 4.78 is 23.2. The van der Waals surface area contributed by atoms with E-state index in [2.05, 4.69) is 25.6 Å². The minimum absolute atomic E-state index is 0.110. The number of aliphatic hydroxyl groups excluding tert-OH is 1. The number of nitrogens with zero attached hydrogens (tertiary/aromatic N) is 1. The maximum absolute atomic E-state index is 14.0. The molecule has 0 spiro atoms. The van der Waals surface area contributed by atoms with Crippen LogP contribution in [-0.2, 0) is 4.74 Å². The van der Waals surface area contributed by atoms with Gasteiger partial charge in [0.2, 0.25) is 0 Å². The number of hydrogen-bond acceptors (Lipinski definition) is 6. The molecule has 0 atom stereocenters. The topological polar surface area (TPSA) is 126 Å². The van der Waals surface area contributed by atoms with Gasteiger partial charge in [-0.2, -0.15) is 5.10 Å². The van der Waals surface area contributed by atoms with E-state index in [1.807, 2.05) is 0 Å². The van der Waals surface area contributed by atoms with Gasteiger partial charge in [0.25, 0.3) is 11.8 Å². The molecule has 0 unspecified atom stereocenters. The lowest BCUT2D eigenvalue weighted by Crippen LogP contribution is -2.36. The predicted octanol–water partition coefficient (Wildman–Crippen LogP) is 2.45. The maximum atomic E-state index is 14.0. The molecule has 1 aliphatic carbocycles. The van der Waals surface area contributed by atoms with Crippen LogP contribution in [0.15, 0.2) is 24.4 Å². The Labute approximate surface area is 174 Å². The zero-order valence-electron chi connectivity index (χ0n) is 17.0. The first-order chi connectivity index (χ1) is 14.5. The lowest BCUT2D eigenvalue weighted by atomic mass is 9.95. The molecule has 2 aromatic rings. The van der Waals surface area contributed by atoms with Crippen molar-refractivity contribution in [1.82, 2.24) is 15.5 Å². The highest BCUT2D eigenvalue weighted by Gasteiger charge is 2.23. The molecule has 2 amide bonds. The summed E-state index contributed by atoms with van der Waals surface area (Å²) in [6, 6.07) is 4.23. The first kappa shape index (κ1) is 23.3. The number of halogens is 1. The molecule has 0 bridgehead atoms. The van der Waals surface area contributed by atoms with Crippen molar-refractivity contribution in [2.45, 2.75) is 38.1 Å². The Hall–Kier alpha value is -2.98. The van der Waals surface area contributed by atoms with E-state index in [1.54, 1.807) is 0 Å². The van der Waals surface area contributed by atoms with Crippen LogP contribution in [0.3, 0.4) is 0 Å². The van der Waals surface area contributed by atoms with Crippen molar-refractivity contribution in [3.05, 3.63) is 41.5 Å². The van der Waals surface area contributed by atoms with Crippen molar-refractivity contribution in [1.29, 1.82) is 0 Å². The summed E-state index contributed by atoms with van der Waals surface area (Å²) in [6.45, 7) is -0.181. The third-order valence-electron chi connectivity index (χ3n) is 4.61. The van der Waals surface area contributed by atoms with E-state index in [0.29, 0.717) is 0 Å². The van der Waals surface area contributed by atoms with Crippen molar-refractivity contribution in [3.8, 4) is 5.75 Å². The van der Waals surface area contributed by atoms with Gasteiger partial charge in [0.05, 0.1) is 19.0 Å². The molecule has 0 aliphatic heterocycles. The van der Waals surface area contributed by atoms with Crippen LogP contribution in [0.25, 0.3) is 0 Å². The van der Waals surface area contributed by atoms with Crippen LogP contribution in [-0.4, -0.2) is 54.2 Å². The highest BCUT2D eigenvalue weighted by molar-refractivity contribution is 6.09. The summed E-state index contributed by atoms with van der Waals surface area (Å²) in [7, 11) is 2.78. The van der Waals surface area contributed by atoms with Crippen molar-refractivity contribution in [2.75, 3.05) is 26.3 Å². The summed E-state index contributed by atoms with van der Waals surface area (Å²) in [4.78, 5) is 24.9. The van der Waals surface area contributed by atoms with Crippen molar-refractivity contribution < 1.29 is 28.6 Å². The summed E-state index contributed by atoms with van der Waals surface area (Å²) in [5.74, 6) is -1.66. The number of aliphatic hydroxyl groups is 1. The summed E-state index contributed by atoms with van der Waals surface area (Å²) in [6.07, 6.45) is 6.56. The number of amides is 2. The normalized spacial score (nSPS) is 13.7. The summed E-state index contributed by atoms with van der Waals surface area (Å²) >= 11 is 0. The fourth-order valence-corrected chi connectivity index (χ4v) is 3.14. The Morgan fingerprint density at radius 3 is 2.57 bits per heavy atom. The number of aromatic amines is 1. The summed E-state index contributed by atoms with van der Waals surface area (Å²) in [5, 5.41) is 19.5. The molecule has 1 heterocycles. The third kappa shape index (κ3) is 6.26. The van der Waals surface area contributed by atoms with E-state index in [1.165, 1.54) is 45.0 Å². The largest absolute Gasteiger partial charge is 0.496 e. The number of anilines is 1. The van der Waals surface area contributed by atoms with Crippen LogP contribution in [0.2, 0.25) is 0 Å². The maximum Gasteiger partial charge on any atom is 0.271 e. The molecule has 1 aromatic heterocycles. The molecule has 0 saturated heterocycles. The molecular formula is C20H27FN4O5. The van der Waals surface area contributed by atoms with Crippen molar-refractivity contribution in [2.24, 2.45) is 0 Å². The van der Waals surface area contributed by atoms with Gasteiger partial charge in [-0.15, -0.1) is 0 Å². The van der Waals surface area contributed by atoms with Gasteiger partial charge in [0.15, 0.2) is 0 Å². The molecular weight excluding hydrogens is 395 g/mol. The molecule has 3 rings (SSSR count). The third-order valence-corrected chi connectivity index (χ3v) is 4.61. The molecule has 1 saturated carbocycles. The standard InChI is InChI=1S/C18H21FN4O3.C2H6O2/c1-26-14-9-5-8-12(19)15(14)17(24)22-13-10-20-23-16(13)18(25)21-11-6-3-2-4-7-11;1-4-2-3/h5,8-11H,2-4,6-7H2,1H3,(H,20,23)(H,21,25)(H,22,24);3H,2H2,1H3. The fraction of sp³-hybridized carbons (Fsp3) is 0.450. The van der Waals surface area contributed by atoms with E-state index >= 15 is 0 Å². The SMILES string of the molecule is COCO.COc1cccc(F)c1C(=O)Nc1cn[nH]c1C(=O)NC1CCCCC1. The van der Waals surface area contributed by atoms with Gasteiger partial charge in [-0.1, -0.05) is 25.3 Å². The molecule has 9 nitrogen and oxygen atoms in total. The molecule has 10 heteroatoms. The van der Waals surface area contributed by atoms with Crippen LogP contribution < -0.4 is 15.4 Å². The second-order valence-electron chi connectivity index (χ2n) is 6.66. The van der Waals surface area contributed by atoms with Crippen LogP contribution in [0.1, 0.15) is 53.0 Å². The van der Waals surface area contributed by atoms with E-state index in [9.17, 15) is 14.0 Å². The molecule has 30 heavy (non-hydrogen) atoms. The van der Waals surface area contributed by atoms with Crippen molar-refractivity contribution >= 4 is 17.5 Å². The zero-order valence-corrected chi connectivity index (χ0v) is 17.0. The Kier molecular flexibility index (Phi) is 9.23. The Morgan fingerprint density at radius 2 is 1.93 bits per heavy atom. The number of ether oxygens (including phenoxy) is 2. The van der Waals surface area contributed by atoms with Crippen LogP contribution >= 0.6 is 0 Å². The lowest BCUT2D eigenvalue weighted by molar-refractivity contribution is 0.0325. The number of methoxy groups -OCH3 is 2. The number of benzene rings is 1. The number of nitrogens with one attached hydrogen (secondary N) is 3. The number of hydrogen-bond donors (Lipinski definition) is 4. The summed E-state index contributed by atoms with van der Waals surface area (Å²) in [5.41, 5.74) is 0.0997. The minimum Gasteiger partial charge on any atom is -0.496 e. The van der Waals surface area contributed by atoms with Gasteiger partial charge in [-0.05, 0) is 25.0 Å². The van der Waals surface area contributed by atoms with Gasteiger partial charge in [-0.25, -0.2) is 4.39 Å². The number of aromatic nitrogens is 2. The molecule has 0 radical (unpaired) electrons. The van der Waals surface area contributed by atoms with Gasteiger partial charge in [-0.3, -0.25) is 14.7 Å². The molecule has 1 aliphatic rings. The monoisotopic (exact) mass is 422 g/mol. The van der Waals surface area contributed by atoms with E-state index in [0.717, 1.165) is 25.7 Å². The highest BCUT2D eigenvalue weighted by Crippen LogP contribution is 2.24. The average molecular weight is 422 g/mol. The number of carbonyl (C=O) groups is 2. The minimum atomic E-state index is -0.715. The predicted molar refractivity (Wildman–Crippen MR) is 108 cm³/mol. The van der Waals surface area contributed by atoms with Gasteiger partial charge >= 0.3 is 0 Å². The quantitative estimate of drug-likeness (QED) is 0.530. The second kappa shape index (κ2) is 11.9. The van der Waals surface area contributed by atoms with E-state index in [4.69, 9.17) is 9.84 Å². The highest BCUT2D eigenvalue weighted by atomic mass is 19.1. The molecule has 1 aromatic carbocycles. The zero-order chi connectivity index (χ0) is 21.9. The lowest BCUT2D eigenvalue weighted by Gasteiger charge is -2.22. The molecule has 1 fully saturated rings. The number of rotatable bonds is 6. The van der Waals surface area contributed by atoms with Crippen LogP contribution in [0, 0.1) is 5.82 Å². The van der Waals surface area contributed by atoms with Gasteiger partial charge in [0.1, 0.15) is 29.6 Å². The molecule has 164 valence electrons. The van der Waals surface area contributed by atoms with Crippen LogP contribution in [0.4, 0.5) is 10.1 Å². The van der Waals surface area contributed by atoms with Gasteiger partial charge < -0.3 is 25.2 Å². The number of carbonyl (C=O) groups excluding carboxylic acids is 2. The smallest absolute Gasteiger partial charge is 0.271 e. The Balaban J connectivity index is 0.000000735. The number of H-pyrrole nitrogens is 1. The van der Waals surface area contributed by atoms with E-state index < -0.39 is 11.7 Å². The van der Waals surface area contributed by atoms with Crippen LogP contribution in [0.5, 0.6) is 5.75 Å². The van der Waals surface area contributed by atoms with E-state index in [-0.39, 0.29) is 41.4 Å².